The van der Waals surface area contributed by atoms with Gasteiger partial charge in [0.25, 0.3) is 5.91 Å². The Labute approximate surface area is 263 Å². The van der Waals surface area contributed by atoms with Gasteiger partial charge in [-0.3, -0.25) is 24.0 Å². The van der Waals surface area contributed by atoms with E-state index < -0.39 is 57.0 Å². The number of carbonyl (C=O) groups is 5. The highest BCUT2D eigenvalue weighted by atomic mass is 35.5. The van der Waals surface area contributed by atoms with Crippen LogP contribution in [0.5, 0.6) is 5.75 Å². The molecule has 244 valence electrons. The molecule has 4 N–H and O–H groups in total. The Bertz CT molecular complexity index is 1370. The molecule has 12 nitrogen and oxygen atoms in total. The second kappa shape index (κ2) is 14.7. The van der Waals surface area contributed by atoms with Crippen molar-refractivity contribution in [1.29, 1.82) is 0 Å². The molecular weight excluding hydrogens is 612 g/mol. The maximum atomic E-state index is 13.6. The van der Waals surface area contributed by atoms with Crippen molar-refractivity contribution in [1.82, 2.24) is 21.3 Å². The number of rotatable bonds is 15. The third-order valence-electron chi connectivity index (χ3n) is 7.50. The van der Waals surface area contributed by atoms with Crippen molar-refractivity contribution in [2.75, 3.05) is 12.8 Å². The number of amides is 4. The number of nitrogens with one attached hydrogen (secondary N) is 4. The zero-order valence-electron chi connectivity index (χ0n) is 25.8. The van der Waals surface area contributed by atoms with Crippen molar-refractivity contribution in [3.05, 3.63) is 28.8 Å². The first-order chi connectivity index (χ1) is 20.5. The van der Waals surface area contributed by atoms with Crippen LogP contribution in [0.25, 0.3) is 0 Å². The minimum atomic E-state index is -3.74. The van der Waals surface area contributed by atoms with E-state index in [1.165, 1.54) is 12.1 Å². The molecule has 2 fully saturated rings. The second-order valence-electron chi connectivity index (χ2n) is 12.9. The first-order valence-corrected chi connectivity index (χ1v) is 17.1. The van der Waals surface area contributed by atoms with Gasteiger partial charge in [-0.25, -0.2) is 0 Å². The Morgan fingerprint density at radius 3 is 2.30 bits per heavy atom. The predicted molar refractivity (Wildman–Crippen MR) is 164 cm³/mol. The topological polar surface area (TPSA) is 177 Å². The molecule has 0 bridgehead atoms. The molecule has 3 rings (SSSR count). The van der Waals surface area contributed by atoms with Crippen LogP contribution in [-0.2, 0) is 34.1 Å². The average molecular weight is 655 g/mol. The molecule has 2 aliphatic rings. The molecule has 1 aliphatic carbocycles. The van der Waals surface area contributed by atoms with Crippen LogP contribution < -0.4 is 25.5 Å². The van der Waals surface area contributed by atoms with Crippen molar-refractivity contribution in [3.8, 4) is 5.75 Å². The first-order valence-electron chi connectivity index (χ1n) is 14.9. The number of hydrogen-bond acceptors (Lipinski definition) is 8. The van der Waals surface area contributed by atoms with Gasteiger partial charge in [-0.05, 0) is 61.5 Å². The summed E-state index contributed by atoms with van der Waals surface area (Å²) < 4.78 is 27.8. The van der Waals surface area contributed by atoms with E-state index >= 15 is 0 Å². The lowest BCUT2D eigenvalue weighted by atomic mass is 9.87. The fourth-order valence-corrected chi connectivity index (χ4v) is 5.92. The Balaban J connectivity index is 1.75. The third kappa shape index (κ3) is 11.1. The quantitative estimate of drug-likeness (QED) is 0.164. The smallest absolute Gasteiger partial charge is 0.306 e. The first kappa shape index (κ1) is 35.3. The molecule has 44 heavy (non-hydrogen) atoms. The van der Waals surface area contributed by atoms with Crippen LogP contribution in [0, 0.1) is 11.3 Å². The standard InChI is InChI=1S/C30H43ClN4O8S/c1-6-17(21-10-9-20(15-22(21)31)43-44(5,41)42)14-25(36)34-24(16-30(2,3)4)28(39)35-23(13-18-11-12-32-27(18)38)26(37)29(40)33-19-7-8-19/h9-10,15,17-19,23-24H,6-8,11-14,16H2,1-5H3,(H,32,38)(H,33,40)(H,34,36)(H,35,39)/t17-,18?,23?,24+/m1/s1. The van der Waals surface area contributed by atoms with Gasteiger partial charge >= 0.3 is 10.1 Å². The molecule has 1 aromatic rings. The molecule has 0 radical (unpaired) electrons. The zero-order chi connectivity index (χ0) is 32.8. The molecule has 1 aliphatic heterocycles. The lowest BCUT2D eigenvalue weighted by molar-refractivity contribution is -0.141. The molecule has 14 heteroatoms. The average Bonchev–Trinajstić information content (AvgIpc) is 3.63. The minimum Gasteiger partial charge on any atom is -0.383 e. The SMILES string of the molecule is CC[C@H](CC(=O)N[C@@H](CC(C)(C)C)C(=O)NC(CC1CCNC1=O)C(=O)C(=O)NC1CC1)c1ccc(OS(C)(=O)=O)cc1Cl. The highest BCUT2D eigenvalue weighted by molar-refractivity contribution is 7.86. The van der Waals surface area contributed by atoms with Gasteiger partial charge in [0.05, 0.1) is 12.3 Å². The van der Waals surface area contributed by atoms with Gasteiger partial charge in [0.15, 0.2) is 0 Å². The van der Waals surface area contributed by atoms with E-state index in [2.05, 4.69) is 21.3 Å². The fraction of sp³-hybridized carbons (Fsp3) is 0.633. The van der Waals surface area contributed by atoms with Crippen molar-refractivity contribution >= 4 is 51.1 Å². The maximum Gasteiger partial charge on any atom is 0.306 e. The predicted octanol–water partition coefficient (Wildman–Crippen LogP) is 2.34. The molecule has 1 heterocycles. The summed E-state index contributed by atoms with van der Waals surface area (Å²) in [7, 11) is -3.74. The van der Waals surface area contributed by atoms with E-state index in [0.29, 0.717) is 24.9 Å². The lowest BCUT2D eigenvalue weighted by Crippen LogP contribution is -2.55. The number of ketones is 1. The van der Waals surface area contributed by atoms with Gasteiger partial charge in [-0.15, -0.1) is 0 Å². The monoisotopic (exact) mass is 654 g/mol. The third-order valence-corrected chi connectivity index (χ3v) is 8.33. The van der Waals surface area contributed by atoms with Crippen LogP contribution in [0.4, 0.5) is 0 Å². The van der Waals surface area contributed by atoms with Crippen LogP contribution in [0.1, 0.15) is 84.1 Å². The van der Waals surface area contributed by atoms with Gasteiger partial charge in [-0.2, -0.15) is 8.42 Å². The minimum absolute atomic E-state index is 0.0230. The molecule has 4 atom stereocenters. The Kier molecular flexibility index (Phi) is 11.8. The largest absolute Gasteiger partial charge is 0.383 e. The van der Waals surface area contributed by atoms with Gasteiger partial charge in [0, 0.05) is 36.0 Å². The van der Waals surface area contributed by atoms with E-state index in [1.807, 2.05) is 27.7 Å². The summed E-state index contributed by atoms with van der Waals surface area (Å²) in [5, 5.41) is 11.1. The lowest BCUT2D eigenvalue weighted by Gasteiger charge is -2.29. The highest BCUT2D eigenvalue weighted by Gasteiger charge is 2.37. The van der Waals surface area contributed by atoms with E-state index in [9.17, 15) is 32.4 Å². The van der Waals surface area contributed by atoms with Gasteiger partial charge in [0.2, 0.25) is 23.5 Å². The summed E-state index contributed by atoms with van der Waals surface area (Å²) in [6, 6.07) is 2.11. The molecule has 2 unspecified atom stereocenters. The molecule has 4 amide bonds. The zero-order valence-corrected chi connectivity index (χ0v) is 27.4. The van der Waals surface area contributed by atoms with E-state index in [4.69, 9.17) is 15.8 Å². The molecular formula is C30H43ClN4O8S. The summed E-state index contributed by atoms with van der Waals surface area (Å²) in [4.78, 5) is 64.9. The van der Waals surface area contributed by atoms with Crippen molar-refractivity contribution in [3.63, 3.8) is 0 Å². The summed E-state index contributed by atoms with van der Waals surface area (Å²) >= 11 is 6.42. The van der Waals surface area contributed by atoms with Gasteiger partial charge < -0.3 is 25.5 Å². The normalized spacial score (nSPS) is 18.9. The summed E-state index contributed by atoms with van der Waals surface area (Å²) in [5.74, 6) is -3.76. The number of carbonyl (C=O) groups excluding carboxylic acids is 5. The van der Waals surface area contributed by atoms with E-state index in [1.54, 1.807) is 6.07 Å². The molecule has 1 saturated carbocycles. The summed E-state index contributed by atoms with van der Waals surface area (Å²) in [5.41, 5.74) is 0.219. The number of halogens is 1. The van der Waals surface area contributed by atoms with Crippen molar-refractivity contribution in [2.24, 2.45) is 11.3 Å². The van der Waals surface area contributed by atoms with Crippen LogP contribution >= 0.6 is 11.6 Å². The van der Waals surface area contributed by atoms with Crippen LogP contribution in [0.3, 0.4) is 0 Å². The summed E-state index contributed by atoms with van der Waals surface area (Å²) in [6.07, 6.45) is 3.67. The maximum absolute atomic E-state index is 13.6. The molecule has 1 aromatic carbocycles. The number of hydrogen-bond donors (Lipinski definition) is 4. The molecule has 0 spiro atoms. The number of benzene rings is 1. The van der Waals surface area contributed by atoms with Crippen molar-refractivity contribution in [2.45, 2.75) is 96.7 Å². The Hall–Kier alpha value is -3.19. The number of Topliss-reactive ketones (excluding diaryl/α,β-unsaturated/α-hetero) is 1. The molecule has 1 saturated heterocycles. The van der Waals surface area contributed by atoms with Crippen LogP contribution in [-0.4, -0.2) is 68.8 Å². The van der Waals surface area contributed by atoms with Gasteiger partial charge in [-0.1, -0.05) is 45.4 Å². The van der Waals surface area contributed by atoms with E-state index in [-0.39, 0.29) is 47.9 Å². The van der Waals surface area contributed by atoms with Crippen LogP contribution in [0.15, 0.2) is 18.2 Å². The van der Waals surface area contributed by atoms with Crippen LogP contribution in [0.2, 0.25) is 5.02 Å². The summed E-state index contributed by atoms with van der Waals surface area (Å²) in [6.45, 7) is 8.04. The Morgan fingerprint density at radius 1 is 1.09 bits per heavy atom. The van der Waals surface area contributed by atoms with Gasteiger partial charge in [0.1, 0.15) is 11.8 Å². The van der Waals surface area contributed by atoms with E-state index in [0.717, 1.165) is 19.1 Å². The second-order valence-corrected chi connectivity index (χ2v) is 14.8. The fourth-order valence-electron chi connectivity index (χ4n) is 5.14. The Morgan fingerprint density at radius 2 is 1.77 bits per heavy atom. The molecule has 0 aromatic heterocycles. The highest BCUT2D eigenvalue weighted by Crippen LogP contribution is 2.33. The van der Waals surface area contributed by atoms with Crippen molar-refractivity contribution < 1.29 is 36.6 Å².